The molecular formula is C13H16BrNO. The van der Waals surface area contributed by atoms with E-state index in [9.17, 15) is 5.11 Å². The average molecular weight is 282 g/mol. The standard InChI is InChI=1S/C13H15NO.BrH/c15-10-5-6-13-12(7-10)11-4-2-1-3-9(11)8-14-13;/h1-4,8,10,12-13,15H,5-7H2;1H. The molecule has 1 N–H and O–H groups in total. The Balaban J connectivity index is 0.000000963. The third-order valence-electron chi connectivity index (χ3n) is 3.59. The van der Waals surface area contributed by atoms with Gasteiger partial charge in [0.1, 0.15) is 0 Å². The van der Waals surface area contributed by atoms with E-state index in [1.807, 2.05) is 12.3 Å². The van der Waals surface area contributed by atoms with E-state index in [4.69, 9.17) is 0 Å². The number of halogens is 1. The molecule has 2 aliphatic rings. The quantitative estimate of drug-likeness (QED) is 0.779. The molecule has 0 aromatic heterocycles. The van der Waals surface area contributed by atoms with Gasteiger partial charge in [-0.15, -0.1) is 17.0 Å². The highest BCUT2D eigenvalue weighted by molar-refractivity contribution is 8.93. The Morgan fingerprint density at radius 2 is 2.00 bits per heavy atom. The van der Waals surface area contributed by atoms with Gasteiger partial charge in [0.05, 0.1) is 12.1 Å². The summed E-state index contributed by atoms with van der Waals surface area (Å²) in [5.41, 5.74) is 2.60. The van der Waals surface area contributed by atoms with Gasteiger partial charge in [0, 0.05) is 12.1 Å². The molecule has 3 atom stereocenters. The Bertz CT molecular complexity index is 405. The first kappa shape index (κ1) is 11.8. The monoisotopic (exact) mass is 281 g/mol. The Hall–Kier alpha value is -0.670. The normalized spacial score (nSPS) is 31.2. The topological polar surface area (TPSA) is 32.6 Å². The molecule has 0 saturated heterocycles. The SMILES string of the molecule is Br.OC1CCC2N=Cc3ccccc3C2C1. The van der Waals surface area contributed by atoms with Crippen LogP contribution in [-0.2, 0) is 0 Å². The molecule has 1 aromatic carbocycles. The summed E-state index contributed by atoms with van der Waals surface area (Å²) in [4.78, 5) is 4.59. The fourth-order valence-electron chi connectivity index (χ4n) is 2.79. The first-order valence-electron chi connectivity index (χ1n) is 5.65. The van der Waals surface area contributed by atoms with Gasteiger partial charge in [0.2, 0.25) is 0 Å². The van der Waals surface area contributed by atoms with Crippen LogP contribution < -0.4 is 0 Å². The molecule has 0 radical (unpaired) electrons. The molecule has 1 aromatic rings. The van der Waals surface area contributed by atoms with Crippen LogP contribution in [0.25, 0.3) is 0 Å². The maximum Gasteiger partial charge on any atom is 0.0570 e. The molecule has 3 rings (SSSR count). The van der Waals surface area contributed by atoms with Crippen molar-refractivity contribution in [2.75, 3.05) is 0 Å². The van der Waals surface area contributed by atoms with Gasteiger partial charge in [-0.05, 0) is 30.4 Å². The van der Waals surface area contributed by atoms with Crippen LogP contribution in [0.5, 0.6) is 0 Å². The number of aliphatic imine (C=N–C) groups is 1. The Labute approximate surface area is 106 Å². The van der Waals surface area contributed by atoms with Crippen LogP contribution in [-0.4, -0.2) is 23.5 Å². The summed E-state index contributed by atoms with van der Waals surface area (Å²) >= 11 is 0. The molecule has 0 bridgehead atoms. The van der Waals surface area contributed by atoms with Crippen molar-refractivity contribution in [2.24, 2.45) is 4.99 Å². The first-order chi connectivity index (χ1) is 7.34. The number of benzene rings is 1. The lowest BCUT2D eigenvalue weighted by molar-refractivity contribution is 0.111. The molecule has 0 spiro atoms. The van der Waals surface area contributed by atoms with E-state index in [0.29, 0.717) is 12.0 Å². The van der Waals surface area contributed by atoms with Crippen molar-refractivity contribution in [1.29, 1.82) is 0 Å². The van der Waals surface area contributed by atoms with Gasteiger partial charge in [0.25, 0.3) is 0 Å². The van der Waals surface area contributed by atoms with Crippen molar-refractivity contribution in [2.45, 2.75) is 37.3 Å². The second-order valence-corrected chi connectivity index (χ2v) is 4.55. The third kappa shape index (κ3) is 1.94. The van der Waals surface area contributed by atoms with Crippen LogP contribution in [0.15, 0.2) is 29.3 Å². The van der Waals surface area contributed by atoms with Gasteiger partial charge < -0.3 is 5.11 Å². The summed E-state index contributed by atoms with van der Waals surface area (Å²) < 4.78 is 0. The molecule has 2 nitrogen and oxygen atoms in total. The molecule has 1 fully saturated rings. The second-order valence-electron chi connectivity index (χ2n) is 4.55. The summed E-state index contributed by atoms with van der Waals surface area (Å²) in [6, 6.07) is 8.82. The Kier molecular flexibility index (Phi) is 3.45. The zero-order chi connectivity index (χ0) is 10.3. The van der Waals surface area contributed by atoms with Gasteiger partial charge in [0.15, 0.2) is 0 Å². The van der Waals surface area contributed by atoms with Gasteiger partial charge in [-0.2, -0.15) is 0 Å². The lowest BCUT2D eigenvalue weighted by atomic mass is 9.76. The Morgan fingerprint density at radius 1 is 1.19 bits per heavy atom. The minimum absolute atomic E-state index is 0. The molecule has 86 valence electrons. The Morgan fingerprint density at radius 3 is 2.88 bits per heavy atom. The highest BCUT2D eigenvalue weighted by Gasteiger charge is 2.33. The van der Waals surface area contributed by atoms with Crippen molar-refractivity contribution < 1.29 is 5.11 Å². The van der Waals surface area contributed by atoms with Crippen molar-refractivity contribution >= 4 is 23.2 Å². The fourth-order valence-corrected chi connectivity index (χ4v) is 2.79. The van der Waals surface area contributed by atoms with Crippen LogP contribution in [0.4, 0.5) is 0 Å². The summed E-state index contributed by atoms with van der Waals surface area (Å²) in [5, 5.41) is 9.72. The number of nitrogens with zero attached hydrogens (tertiary/aromatic N) is 1. The van der Waals surface area contributed by atoms with Gasteiger partial charge in [-0.25, -0.2) is 0 Å². The number of hydrogen-bond acceptors (Lipinski definition) is 2. The van der Waals surface area contributed by atoms with Gasteiger partial charge in [-0.3, -0.25) is 4.99 Å². The third-order valence-corrected chi connectivity index (χ3v) is 3.59. The highest BCUT2D eigenvalue weighted by atomic mass is 79.9. The lowest BCUT2D eigenvalue weighted by Gasteiger charge is -2.35. The number of aliphatic hydroxyl groups excluding tert-OH is 1. The molecule has 3 heteroatoms. The molecular weight excluding hydrogens is 266 g/mol. The average Bonchev–Trinajstić information content (AvgIpc) is 2.29. The van der Waals surface area contributed by atoms with Gasteiger partial charge in [-0.1, -0.05) is 24.3 Å². The van der Waals surface area contributed by atoms with E-state index in [1.165, 1.54) is 11.1 Å². The molecule has 1 saturated carbocycles. The van der Waals surface area contributed by atoms with E-state index in [1.54, 1.807) is 0 Å². The number of fused-ring (bicyclic) bond motifs is 3. The zero-order valence-electron chi connectivity index (χ0n) is 9.04. The second kappa shape index (κ2) is 4.68. The summed E-state index contributed by atoms with van der Waals surface area (Å²) in [6.45, 7) is 0. The van der Waals surface area contributed by atoms with Gasteiger partial charge >= 0.3 is 0 Å². The van der Waals surface area contributed by atoms with E-state index in [-0.39, 0.29) is 23.1 Å². The molecule has 1 aliphatic heterocycles. The van der Waals surface area contributed by atoms with Crippen LogP contribution >= 0.6 is 17.0 Å². The van der Waals surface area contributed by atoms with E-state index >= 15 is 0 Å². The molecule has 16 heavy (non-hydrogen) atoms. The van der Waals surface area contributed by atoms with E-state index in [2.05, 4.69) is 23.2 Å². The first-order valence-corrected chi connectivity index (χ1v) is 5.65. The van der Waals surface area contributed by atoms with Crippen molar-refractivity contribution in [1.82, 2.24) is 0 Å². The largest absolute Gasteiger partial charge is 0.393 e. The summed E-state index contributed by atoms with van der Waals surface area (Å²) in [5.74, 6) is 0.440. The highest BCUT2D eigenvalue weighted by Crippen LogP contribution is 2.38. The maximum absolute atomic E-state index is 9.72. The molecule has 1 aliphatic carbocycles. The van der Waals surface area contributed by atoms with Crippen molar-refractivity contribution in [3.63, 3.8) is 0 Å². The lowest BCUT2D eigenvalue weighted by Crippen LogP contribution is -2.31. The fraction of sp³-hybridized carbons (Fsp3) is 0.462. The minimum atomic E-state index is -0.132. The van der Waals surface area contributed by atoms with Crippen molar-refractivity contribution in [3.05, 3.63) is 35.4 Å². The van der Waals surface area contributed by atoms with E-state index in [0.717, 1.165) is 19.3 Å². The van der Waals surface area contributed by atoms with Crippen LogP contribution in [0.2, 0.25) is 0 Å². The smallest absolute Gasteiger partial charge is 0.0570 e. The van der Waals surface area contributed by atoms with Crippen LogP contribution in [0.3, 0.4) is 0 Å². The van der Waals surface area contributed by atoms with Crippen molar-refractivity contribution in [3.8, 4) is 0 Å². The molecule has 0 amide bonds. The molecule has 3 unspecified atom stereocenters. The predicted molar refractivity (Wildman–Crippen MR) is 70.7 cm³/mol. The summed E-state index contributed by atoms with van der Waals surface area (Å²) in [6.07, 6.45) is 4.66. The number of hydrogen-bond donors (Lipinski definition) is 1. The van der Waals surface area contributed by atoms with E-state index < -0.39 is 0 Å². The zero-order valence-corrected chi connectivity index (χ0v) is 10.8. The predicted octanol–water partition coefficient (Wildman–Crippen LogP) is 2.69. The maximum atomic E-state index is 9.72. The van der Waals surface area contributed by atoms with Crippen LogP contribution in [0.1, 0.15) is 36.3 Å². The number of rotatable bonds is 0. The summed E-state index contributed by atoms with van der Waals surface area (Å²) in [7, 11) is 0. The van der Waals surface area contributed by atoms with Crippen LogP contribution in [0, 0.1) is 0 Å². The molecule has 1 heterocycles. The number of aliphatic hydroxyl groups is 1. The minimum Gasteiger partial charge on any atom is -0.393 e.